The van der Waals surface area contributed by atoms with Gasteiger partial charge in [-0.3, -0.25) is 4.57 Å². The van der Waals surface area contributed by atoms with Crippen molar-refractivity contribution in [2.24, 2.45) is 0 Å². The molecule has 3 nitrogen and oxygen atoms in total. The van der Waals surface area contributed by atoms with Gasteiger partial charge in [0.15, 0.2) is 0 Å². The van der Waals surface area contributed by atoms with Crippen LogP contribution in [-0.2, 0) is 4.57 Å². The molecular formula is C17H19F3NO2PS. The molecule has 0 aromatic heterocycles. The zero-order valence-corrected chi connectivity index (χ0v) is 15.7. The predicted octanol–water partition coefficient (Wildman–Crippen LogP) is 6.74. The molecule has 1 atom stereocenters. The van der Waals surface area contributed by atoms with E-state index in [1.165, 1.54) is 30.9 Å². The molecule has 0 aliphatic carbocycles. The number of nitrogens with one attached hydrogen (secondary N) is 1. The van der Waals surface area contributed by atoms with Crippen molar-refractivity contribution in [1.82, 2.24) is 0 Å². The van der Waals surface area contributed by atoms with Crippen LogP contribution in [0.5, 0.6) is 5.75 Å². The lowest BCUT2D eigenvalue weighted by Crippen LogP contribution is -2.03. The van der Waals surface area contributed by atoms with E-state index in [1.54, 1.807) is 12.1 Å². The fourth-order valence-corrected chi connectivity index (χ4v) is 3.83. The zero-order chi connectivity index (χ0) is 18.7. The summed E-state index contributed by atoms with van der Waals surface area (Å²) in [6.45, 7) is 5.56. The van der Waals surface area contributed by atoms with Crippen molar-refractivity contribution in [3.05, 3.63) is 54.1 Å². The molecule has 0 spiro atoms. The number of halogens is 3. The third-order valence-electron chi connectivity index (χ3n) is 3.25. The van der Waals surface area contributed by atoms with Crippen molar-refractivity contribution in [3.8, 4) is 5.75 Å². The summed E-state index contributed by atoms with van der Waals surface area (Å²) in [6, 6.07) is 12.8. The fourth-order valence-electron chi connectivity index (χ4n) is 2.10. The molecule has 2 aromatic carbocycles. The number of alkyl halides is 3. The molecule has 0 radical (unpaired) electrons. The van der Waals surface area contributed by atoms with Gasteiger partial charge in [0.25, 0.3) is 0 Å². The van der Waals surface area contributed by atoms with Crippen LogP contribution in [-0.4, -0.2) is 12.2 Å². The number of hydrogen-bond acceptors (Lipinski definition) is 3. The van der Waals surface area contributed by atoms with Crippen LogP contribution in [0.3, 0.4) is 0 Å². The van der Waals surface area contributed by atoms with Crippen LogP contribution in [0.25, 0.3) is 0 Å². The highest BCUT2D eigenvalue weighted by Crippen LogP contribution is 2.44. The van der Waals surface area contributed by atoms with Gasteiger partial charge in [0.05, 0.1) is 0 Å². The largest absolute Gasteiger partial charge is 0.446 e. The van der Waals surface area contributed by atoms with E-state index < -0.39 is 13.0 Å². The lowest BCUT2D eigenvalue weighted by atomic mass is 10.0. The standard InChI is InChI=1S/C17H19F3NO2PS/c1-12(2)13-4-8-15(9-5-13)23-24(3,22)21-14-6-10-16(11-7-14)25-17(18,19)20/h4-12H,1-3H3,(H,21,22)/t24-/m1/s1. The number of thioether (sulfide) groups is 1. The van der Waals surface area contributed by atoms with Crippen LogP contribution in [0, 0.1) is 0 Å². The third kappa shape index (κ3) is 6.67. The number of hydrogen-bond donors (Lipinski definition) is 1. The predicted molar refractivity (Wildman–Crippen MR) is 96.7 cm³/mol. The summed E-state index contributed by atoms with van der Waals surface area (Å²) in [7, 11) is -3.21. The van der Waals surface area contributed by atoms with E-state index in [9.17, 15) is 17.7 Å². The third-order valence-corrected chi connectivity index (χ3v) is 5.21. The van der Waals surface area contributed by atoms with Crippen molar-refractivity contribution in [3.63, 3.8) is 0 Å². The first-order valence-corrected chi connectivity index (χ1v) is 10.4. The smallest absolute Gasteiger partial charge is 0.429 e. The lowest BCUT2D eigenvalue weighted by molar-refractivity contribution is -0.0328. The van der Waals surface area contributed by atoms with Crippen molar-refractivity contribution in [1.29, 1.82) is 0 Å². The summed E-state index contributed by atoms with van der Waals surface area (Å²) >= 11 is -0.194. The molecule has 0 saturated carbocycles. The zero-order valence-electron chi connectivity index (χ0n) is 14.0. The highest BCUT2D eigenvalue weighted by atomic mass is 32.2. The normalized spacial score (nSPS) is 14.2. The first kappa shape index (κ1) is 19.7. The molecule has 25 heavy (non-hydrogen) atoms. The highest BCUT2D eigenvalue weighted by Gasteiger charge is 2.29. The molecule has 136 valence electrons. The Labute approximate surface area is 149 Å². The van der Waals surface area contributed by atoms with Gasteiger partial charge >= 0.3 is 13.0 Å². The van der Waals surface area contributed by atoms with Gasteiger partial charge in [0, 0.05) is 17.2 Å². The number of rotatable bonds is 6. The van der Waals surface area contributed by atoms with Crippen molar-refractivity contribution < 1.29 is 22.3 Å². The molecule has 0 saturated heterocycles. The molecule has 2 rings (SSSR count). The molecule has 1 N–H and O–H groups in total. The minimum Gasteiger partial charge on any atom is -0.429 e. The SMILES string of the molecule is CC(C)c1ccc(O[P@@](C)(=O)Nc2ccc(SC(F)(F)F)cc2)cc1. The quantitative estimate of drug-likeness (QED) is 0.439. The van der Waals surface area contributed by atoms with E-state index in [-0.39, 0.29) is 16.7 Å². The molecule has 0 aliphatic rings. The highest BCUT2D eigenvalue weighted by molar-refractivity contribution is 8.00. The molecule has 8 heteroatoms. The minimum absolute atomic E-state index is 0.0641. The molecule has 0 bridgehead atoms. The second-order valence-corrected chi connectivity index (χ2v) is 9.08. The maximum Gasteiger partial charge on any atom is 0.446 e. The van der Waals surface area contributed by atoms with Gasteiger partial charge < -0.3 is 9.61 Å². The summed E-state index contributed by atoms with van der Waals surface area (Å²) in [5, 5.41) is 2.74. The van der Waals surface area contributed by atoms with Gasteiger partial charge in [-0.25, -0.2) is 0 Å². The summed E-state index contributed by atoms with van der Waals surface area (Å²) < 4.78 is 55.0. The Balaban J connectivity index is 2.01. The Morgan fingerprint density at radius 3 is 2.08 bits per heavy atom. The Morgan fingerprint density at radius 2 is 1.60 bits per heavy atom. The summed E-state index contributed by atoms with van der Waals surface area (Å²) in [4.78, 5) is 0.0641. The van der Waals surface area contributed by atoms with Crippen molar-refractivity contribution >= 4 is 25.0 Å². The first-order valence-electron chi connectivity index (χ1n) is 7.55. The van der Waals surface area contributed by atoms with Gasteiger partial charge in [-0.15, -0.1) is 0 Å². The second kappa shape index (κ2) is 7.75. The number of anilines is 1. The van der Waals surface area contributed by atoms with Crippen LogP contribution < -0.4 is 9.61 Å². The van der Waals surface area contributed by atoms with Crippen LogP contribution in [0.4, 0.5) is 18.9 Å². The monoisotopic (exact) mass is 389 g/mol. The van der Waals surface area contributed by atoms with Gasteiger partial charge in [0.2, 0.25) is 0 Å². The molecule has 0 amide bonds. The Bertz CT molecular complexity index is 746. The molecule has 0 fully saturated rings. The van der Waals surface area contributed by atoms with Crippen molar-refractivity contribution in [2.45, 2.75) is 30.2 Å². The lowest BCUT2D eigenvalue weighted by Gasteiger charge is -2.18. The van der Waals surface area contributed by atoms with E-state index in [2.05, 4.69) is 18.9 Å². The van der Waals surface area contributed by atoms with E-state index in [4.69, 9.17) is 4.52 Å². The molecule has 2 aromatic rings. The maximum absolute atomic E-state index is 12.6. The molecule has 0 heterocycles. The summed E-state index contributed by atoms with van der Waals surface area (Å²) in [5.41, 5.74) is -2.76. The number of benzene rings is 2. The van der Waals surface area contributed by atoms with Gasteiger partial charge in [-0.2, -0.15) is 13.2 Å². The fraction of sp³-hybridized carbons (Fsp3) is 0.294. The second-order valence-electron chi connectivity index (χ2n) is 5.84. The Kier molecular flexibility index (Phi) is 6.12. The molecule has 0 aliphatic heterocycles. The van der Waals surface area contributed by atoms with Crippen molar-refractivity contribution in [2.75, 3.05) is 11.8 Å². The minimum atomic E-state index is -4.33. The summed E-state index contributed by atoms with van der Waals surface area (Å²) in [6.07, 6.45) is 0. The van der Waals surface area contributed by atoms with E-state index >= 15 is 0 Å². The van der Waals surface area contributed by atoms with Gasteiger partial charge in [0.1, 0.15) is 5.75 Å². The molecular weight excluding hydrogens is 370 g/mol. The van der Waals surface area contributed by atoms with E-state index in [1.807, 2.05) is 12.1 Å². The van der Waals surface area contributed by atoms with E-state index in [0.29, 0.717) is 17.4 Å². The Hall–Kier alpha value is -1.59. The van der Waals surface area contributed by atoms with E-state index in [0.717, 1.165) is 5.56 Å². The van der Waals surface area contributed by atoms with Crippen LogP contribution >= 0.6 is 19.3 Å². The van der Waals surface area contributed by atoms with Crippen LogP contribution in [0.2, 0.25) is 0 Å². The first-order chi connectivity index (χ1) is 11.5. The Morgan fingerprint density at radius 1 is 1.04 bits per heavy atom. The van der Waals surface area contributed by atoms with Crippen LogP contribution in [0.15, 0.2) is 53.4 Å². The van der Waals surface area contributed by atoms with Gasteiger partial charge in [-0.05, 0) is 59.6 Å². The molecule has 0 unspecified atom stereocenters. The topological polar surface area (TPSA) is 38.3 Å². The summed E-state index contributed by atoms with van der Waals surface area (Å²) in [5.74, 6) is 0.848. The average molecular weight is 389 g/mol. The van der Waals surface area contributed by atoms with Crippen LogP contribution in [0.1, 0.15) is 25.3 Å². The average Bonchev–Trinajstić information content (AvgIpc) is 2.47. The maximum atomic E-state index is 12.6. The van der Waals surface area contributed by atoms with Gasteiger partial charge in [-0.1, -0.05) is 26.0 Å².